The van der Waals surface area contributed by atoms with Gasteiger partial charge in [0.2, 0.25) is 17.6 Å². The molecule has 1 saturated heterocycles. The lowest BCUT2D eigenvalue weighted by molar-refractivity contribution is -0.134. The minimum Gasteiger partial charge on any atom is -0.465 e. The zero-order chi connectivity index (χ0) is 20.2. The Morgan fingerprint density at radius 2 is 2.31 bits per heavy atom. The largest absolute Gasteiger partial charge is 0.465 e. The SMILES string of the molecule is Cc1ccc(CN2CCNC(=O)C2CC(=O)NCCc2cn3cccnc3n2)o1. The van der Waals surface area contributed by atoms with Crippen LogP contribution in [0.1, 0.15) is 23.6 Å². The van der Waals surface area contributed by atoms with Gasteiger partial charge in [0, 0.05) is 44.6 Å². The van der Waals surface area contributed by atoms with Crippen molar-refractivity contribution in [2.45, 2.75) is 32.4 Å². The number of imidazole rings is 1. The second kappa shape index (κ2) is 8.44. The molecule has 0 spiro atoms. The number of piperazine rings is 1. The van der Waals surface area contributed by atoms with E-state index in [-0.39, 0.29) is 18.2 Å². The number of amides is 2. The molecule has 1 atom stereocenters. The van der Waals surface area contributed by atoms with Crippen molar-refractivity contribution >= 4 is 17.6 Å². The van der Waals surface area contributed by atoms with Crippen LogP contribution in [0.4, 0.5) is 0 Å². The first kappa shape index (κ1) is 19.1. The molecule has 3 aromatic heterocycles. The van der Waals surface area contributed by atoms with Gasteiger partial charge in [-0.25, -0.2) is 9.97 Å². The fraction of sp³-hybridized carbons (Fsp3) is 0.400. The van der Waals surface area contributed by atoms with Gasteiger partial charge in [-0.3, -0.25) is 18.9 Å². The van der Waals surface area contributed by atoms with Crippen LogP contribution in [0, 0.1) is 6.92 Å². The molecule has 3 aromatic rings. The van der Waals surface area contributed by atoms with Crippen molar-refractivity contribution < 1.29 is 14.0 Å². The molecule has 4 rings (SSSR count). The lowest BCUT2D eigenvalue weighted by Crippen LogP contribution is -2.56. The molecule has 29 heavy (non-hydrogen) atoms. The summed E-state index contributed by atoms with van der Waals surface area (Å²) in [5, 5.41) is 5.74. The molecule has 152 valence electrons. The monoisotopic (exact) mass is 396 g/mol. The molecule has 1 unspecified atom stereocenters. The fourth-order valence-electron chi connectivity index (χ4n) is 3.52. The minimum atomic E-state index is -0.506. The smallest absolute Gasteiger partial charge is 0.237 e. The number of hydrogen-bond acceptors (Lipinski definition) is 6. The van der Waals surface area contributed by atoms with E-state index in [9.17, 15) is 9.59 Å². The van der Waals surface area contributed by atoms with E-state index in [4.69, 9.17) is 4.42 Å². The maximum absolute atomic E-state index is 12.4. The predicted octanol–water partition coefficient (Wildman–Crippen LogP) is 0.680. The molecule has 0 bridgehead atoms. The lowest BCUT2D eigenvalue weighted by Gasteiger charge is -2.34. The van der Waals surface area contributed by atoms with Crippen molar-refractivity contribution in [3.63, 3.8) is 0 Å². The summed E-state index contributed by atoms with van der Waals surface area (Å²) in [6, 6.07) is 5.14. The summed E-state index contributed by atoms with van der Waals surface area (Å²) in [6.45, 7) is 4.09. The number of furan rings is 1. The maximum Gasteiger partial charge on any atom is 0.237 e. The van der Waals surface area contributed by atoms with Crippen molar-refractivity contribution in [3.05, 3.63) is 54.0 Å². The van der Waals surface area contributed by atoms with Gasteiger partial charge in [0.05, 0.1) is 24.7 Å². The van der Waals surface area contributed by atoms with E-state index in [1.54, 1.807) is 6.20 Å². The summed E-state index contributed by atoms with van der Waals surface area (Å²) in [5.41, 5.74) is 0.856. The minimum absolute atomic E-state index is 0.109. The van der Waals surface area contributed by atoms with Crippen LogP contribution < -0.4 is 10.6 Å². The topological polar surface area (TPSA) is 105 Å². The summed E-state index contributed by atoms with van der Waals surface area (Å²) >= 11 is 0. The van der Waals surface area contributed by atoms with E-state index in [2.05, 4.69) is 20.6 Å². The van der Waals surface area contributed by atoms with E-state index in [1.165, 1.54) is 0 Å². The number of aromatic nitrogens is 3. The Labute approximate surface area is 168 Å². The van der Waals surface area contributed by atoms with Crippen LogP contribution in [0.5, 0.6) is 0 Å². The van der Waals surface area contributed by atoms with Gasteiger partial charge in [-0.05, 0) is 25.1 Å². The van der Waals surface area contributed by atoms with E-state index in [1.807, 2.05) is 46.8 Å². The van der Waals surface area contributed by atoms with Crippen molar-refractivity contribution in [1.29, 1.82) is 0 Å². The number of nitrogens with zero attached hydrogens (tertiary/aromatic N) is 4. The van der Waals surface area contributed by atoms with Crippen LogP contribution in [0.25, 0.3) is 5.78 Å². The van der Waals surface area contributed by atoms with Crippen molar-refractivity contribution in [2.75, 3.05) is 19.6 Å². The van der Waals surface area contributed by atoms with Crippen molar-refractivity contribution in [2.24, 2.45) is 0 Å². The van der Waals surface area contributed by atoms with E-state index < -0.39 is 6.04 Å². The second-order valence-corrected chi connectivity index (χ2v) is 7.15. The Balaban J connectivity index is 1.30. The highest BCUT2D eigenvalue weighted by Gasteiger charge is 2.32. The van der Waals surface area contributed by atoms with Crippen molar-refractivity contribution in [3.8, 4) is 0 Å². The van der Waals surface area contributed by atoms with Crippen LogP contribution in [0.3, 0.4) is 0 Å². The number of nitrogens with one attached hydrogen (secondary N) is 2. The molecule has 0 radical (unpaired) electrons. The van der Waals surface area contributed by atoms with Crippen LogP contribution in [-0.4, -0.2) is 56.8 Å². The molecule has 2 N–H and O–H groups in total. The zero-order valence-electron chi connectivity index (χ0n) is 16.3. The molecular weight excluding hydrogens is 372 g/mol. The third-order valence-corrected chi connectivity index (χ3v) is 4.96. The lowest BCUT2D eigenvalue weighted by atomic mass is 10.1. The van der Waals surface area contributed by atoms with Gasteiger partial charge in [0.25, 0.3) is 0 Å². The quantitative estimate of drug-likeness (QED) is 0.609. The van der Waals surface area contributed by atoms with Crippen LogP contribution in [0.15, 0.2) is 41.2 Å². The van der Waals surface area contributed by atoms with Gasteiger partial charge in [-0.1, -0.05) is 0 Å². The Bertz CT molecular complexity index is 977. The van der Waals surface area contributed by atoms with Crippen LogP contribution >= 0.6 is 0 Å². The number of aryl methyl sites for hydroxylation is 1. The Hall–Kier alpha value is -3.20. The van der Waals surface area contributed by atoms with Crippen LogP contribution in [-0.2, 0) is 22.6 Å². The standard InChI is InChI=1S/C20H24N6O3/c1-14-3-4-16(29-14)13-25-10-8-22-19(28)17(25)11-18(27)21-7-5-15-12-26-9-2-6-23-20(26)24-15/h2-4,6,9,12,17H,5,7-8,10-11,13H2,1H3,(H,21,27)(H,22,28). The molecule has 9 heteroatoms. The number of carbonyl (C=O) groups excluding carboxylic acids is 2. The molecule has 0 aromatic carbocycles. The Morgan fingerprint density at radius 3 is 3.10 bits per heavy atom. The molecule has 0 aliphatic carbocycles. The Morgan fingerprint density at radius 1 is 1.41 bits per heavy atom. The molecule has 2 amide bonds. The summed E-state index contributed by atoms with van der Waals surface area (Å²) in [6.07, 6.45) is 6.18. The van der Waals surface area contributed by atoms with Gasteiger partial charge in [0.15, 0.2) is 0 Å². The molecule has 0 saturated carbocycles. The van der Waals surface area contributed by atoms with Gasteiger partial charge in [-0.15, -0.1) is 0 Å². The molecule has 1 aliphatic heterocycles. The highest BCUT2D eigenvalue weighted by atomic mass is 16.3. The highest BCUT2D eigenvalue weighted by molar-refractivity contribution is 5.88. The van der Waals surface area contributed by atoms with Gasteiger partial charge >= 0.3 is 0 Å². The van der Waals surface area contributed by atoms with E-state index >= 15 is 0 Å². The van der Waals surface area contributed by atoms with Gasteiger partial charge < -0.3 is 15.1 Å². The second-order valence-electron chi connectivity index (χ2n) is 7.15. The van der Waals surface area contributed by atoms with E-state index in [0.29, 0.717) is 38.4 Å². The maximum atomic E-state index is 12.4. The first-order chi connectivity index (χ1) is 14.1. The molecule has 1 aliphatic rings. The summed E-state index contributed by atoms with van der Waals surface area (Å²) in [7, 11) is 0. The summed E-state index contributed by atoms with van der Waals surface area (Å²) in [4.78, 5) is 35.4. The first-order valence-electron chi connectivity index (χ1n) is 9.71. The summed E-state index contributed by atoms with van der Waals surface area (Å²) < 4.78 is 7.47. The average molecular weight is 396 g/mol. The van der Waals surface area contributed by atoms with Crippen LogP contribution in [0.2, 0.25) is 0 Å². The zero-order valence-corrected chi connectivity index (χ0v) is 16.3. The van der Waals surface area contributed by atoms with Crippen molar-refractivity contribution in [1.82, 2.24) is 29.9 Å². The number of fused-ring (bicyclic) bond motifs is 1. The highest BCUT2D eigenvalue weighted by Crippen LogP contribution is 2.16. The number of carbonyl (C=O) groups is 2. The molecule has 1 fully saturated rings. The summed E-state index contributed by atoms with van der Waals surface area (Å²) in [5.74, 6) is 1.98. The average Bonchev–Trinajstić information content (AvgIpc) is 3.30. The first-order valence-corrected chi connectivity index (χ1v) is 9.71. The third-order valence-electron chi connectivity index (χ3n) is 4.96. The Kier molecular flexibility index (Phi) is 5.57. The van der Waals surface area contributed by atoms with Gasteiger partial charge in [-0.2, -0.15) is 0 Å². The van der Waals surface area contributed by atoms with Gasteiger partial charge in [0.1, 0.15) is 11.5 Å². The number of rotatable bonds is 7. The molecular formula is C20H24N6O3. The molecule has 4 heterocycles. The normalized spacial score (nSPS) is 17.4. The molecule has 9 nitrogen and oxygen atoms in total. The van der Waals surface area contributed by atoms with E-state index in [0.717, 1.165) is 17.2 Å². The third kappa shape index (κ3) is 4.62. The predicted molar refractivity (Wildman–Crippen MR) is 105 cm³/mol. The number of hydrogen-bond donors (Lipinski definition) is 2. The fourth-order valence-corrected chi connectivity index (χ4v) is 3.52.